The number of aliphatic hydroxyl groups excluding tert-OH is 2. The molecule has 2 aliphatic rings. The van der Waals surface area contributed by atoms with E-state index in [4.69, 9.17) is 0 Å². The largest absolute Gasteiger partial charge is 0.389 e. The van der Waals surface area contributed by atoms with Gasteiger partial charge in [0.2, 0.25) is 35.4 Å². The topological polar surface area (TPSA) is 239 Å². The molecule has 362 valence electrons. The number of benzene rings is 4. The Bertz CT molecular complexity index is 2170. The van der Waals surface area contributed by atoms with Gasteiger partial charge >= 0.3 is 0 Å². The van der Waals surface area contributed by atoms with Crippen LogP contribution in [-0.4, -0.2) is 115 Å². The van der Waals surface area contributed by atoms with Crippen LogP contribution in [0.1, 0.15) is 49.9 Å². The lowest BCUT2D eigenvalue weighted by atomic mass is 10.0. The molecule has 2 heterocycles. The molecule has 4 aromatic rings. The molecule has 18 heteroatoms. The number of rotatable bonds is 21. The highest BCUT2D eigenvalue weighted by Gasteiger charge is 2.50. The van der Waals surface area contributed by atoms with E-state index >= 15 is 0 Å². The smallest absolute Gasteiger partial charge is 0.245 e. The van der Waals surface area contributed by atoms with Gasteiger partial charge in [-0.25, -0.2) is 0 Å². The maximum Gasteiger partial charge on any atom is 0.245 e. The SMILES string of the molecule is CC1(C)S[C@H]([C@H](NC(=O)Cc2ccccc2)C(=O)NCc2ccccc2)N[C@H]1C(=O)NC[C@@H](O)[C@H](O)CNC(=O)[C@@H]1N[C@@H]([C@H](NC(=O)Cc2ccccc2)C(=O)NCc2ccccc2)SC1(C)C. The van der Waals surface area contributed by atoms with Crippen molar-refractivity contribution in [2.75, 3.05) is 13.1 Å². The Labute approximate surface area is 405 Å². The first kappa shape index (κ1) is 51.6. The molecule has 0 spiro atoms. The van der Waals surface area contributed by atoms with E-state index < -0.39 is 80.2 Å². The summed E-state index contributed by atoms with van der Waals surface area (Å²) in [4.78, 5) is 81.4. The van der Waals surface area contributed by atoms with E-state index in [0.717, 1.165) is 22.3 Å². The van der Waals surface area contributed by atoms with Gasteiger partial charge in [0.05, 0.1) is 35.8 Å². The highest BCUT2D eigenvalue weighted by molar-refractivity contribution is 8.01. The second-order valence-corrected chi connectivity index (χ2v) is 21.5. The van der Waals surface area contributed by atoms with Crippen molar-refractivity contribution in [3.8, 4) is 0 Å². The van der Waals surface area contributed by atoms with Crippen LogP contribution in [0.5, 0.6) is 0 Å². The summed E-state index contributed by atoms with van der Waals surface area (Å²) in [5, 5.41) is 43.9. The summed E-state index contributed by atoms with van der Waals surface area (Å²) in [5.41, 5.74) is 3.30. The van der Waals surface area contributed by atoms with Crippen molar-refractivity contribution in [1.82, 2.24) is 42.5 Å². The first-order valence-electron chi connectivity index (χ1n) is 22.6. The number of hydrogen-bond donors (Lipinski definition) is 10. The van der Waals surface area contributed by atoms with Crippen molar-refractivity contribution in [3.05, 3.63) is 144 Å². The lowest BCUT2D eigenvalue weighted by Gasteiger charge is -2.26. The molecule has 2 saturated heterocycles. The molecule has 0 bridgehead atoms. The molecule has 10 N–H and O–H groups in total. The molecule has 0 aliphatic carbocycles. The predicted octanol–water partition coefficient (Wildman–Crippen LogP) is 1.65. The Hall–Kier alpha value is -5.76. The molecule has 0 aromatic heterocycles. The van der Waals surface area contributed by atoms with Gasteiger partial charge in [0.15, 0.2) is 0 Å². The zero-order valence-corrected chi connectivity index (χ0v) is 40.2. The van der Waals surface area contributed by atoms with E-state index in [0.29, 0.717) is 0 Å². The van der Waals surface area contributed by atoms with Crippen LogP contribution >= 0.6 is 23.5 Å². The molecule has 0 radical (unpaired) electrons. The monoisotopic (exact) mass is 966 g/mol. The maximum absolute atomic E-state index is 13.7. The van der Waals surface area contributed by atoms with E-state index in [1.807, 2.05) is 149 Å². The van der Waals surface area contributed by atoms with Crippen molar-refractivity contribution in [2.24, 2.45) is 0 Å². The van der Waals surface area contributed by atoms with Gasteiger partial charge in [-0.3, -0.25) is 39.4 Å². The summed E-state index contributed by atoms with van der Waals surface area (Å²) in [6.07, 6.45) is -2.87. The second kappa shape index (κ2) is 24.0. The third-order valence-electron chi connectivity index (χ3n) is 11.7. The minimum Gasteiger partial charge on any atom is -0.389 e. The summed E-state index contributed by atoms with van der Waals surface area (Å²) in [6.45, 7) is 7.08. The standard InChI is InChI=1S/C50H62N8O8S2/c1-49(2)41(57-47(67-49)39(43(63)51-27-33-21-13-7-14-22-33)55-37(61)25-31-17-9-5-10-18-31)45(65)53-29-35(59)36(60)30-54-46(66)42-50(3,4)68-48(58-42)40(44(64)52-28-34-23-15-8-16-24-34)56-38(62)26-32-19-11-6-12-20-32/h5-24,35-36,39-42,47-48,57-60H,25-30H2,1-4H3,(H,51,63)(H,52,64)(H,53,65)(H,54,66)(H,55,61)(H,56,62)/t35-,36-,39-,40-,41+,42+,47-,48-/m1/s1. The van der Waals surface area contributed by atoms with Crippen LogP contribution in [0.15, 0.2) is 121 Å². The van der Waals surface area contributed by atoms with E-state index in [1.54, 1.807) is 0 Å². The van der Waals surface area contributed by atoms with E-state index in [2.05, 4.69) is 42.5 Å². The van der Waals surface area contributed by atoms with Crippen LogP contribution in [0.2, 0.25) is 0 Å². The number of aliphatic hydroxyl groups is 2. The molecule has 8 atom stereocenters. The van der Waals surface area contributed by atoms with E-state index in [-0.39, 0.29) is 50.8 Å². The summed E-state index contributed by atoms with van der Waals surface area (Å²) in [5.74, 6) is -2.60. The van der Waals surface area contributed by atoms with Crippen LogP contribution in [-0.2, 0) is 54.7 Å². The molecule has 0 unspecified atom stereocenters. The van der Waals surface area contributed by atoms with Crippen LogP contribution in [0.3, 0.4) is 0 Å². The summed E-state index contributed by atoms with van der Waals surface area (Å²) in [6, 6.07) is 33.1. The molecule has 68 heavy (non-hydrogen) atoms. The van der Waals surface area contributed by atoms with Crippen LogP contribution in [0.4, 0.5) is 0 Å². The van der Waals surface area contributed by atoms with Gasteiger partial charge in [0.1, 0.15) is 24.2 Å². The molecule has 2 fully saturated rings. The van der Waals surface area contributed by atoms with Crippen LogP contribution in [0, 0.1) is 0 Å². The summed E-state index contributed by atoms with van der Waals surface area (Å²) in [7, 11) is 0. The van der Waals surface area contributed by atoms with Crippen molar-refractivity contribution in [1.29, 1.82) is 0 Å². The van der Waals surface area contributed by atoms with Gasteiger partial charge in [-0.2, -0.15) is 0 Å². The molecule has 6 rings (SSSR count). The fourth-order valence-electron chi connectivity index (χ4n) is 7.95. The van der Waals surface area contributed by atoms with Crippen molar-refractivity contribution in [2.45, 2.75) is 110 Å². The van der Waals surface area contributed by atoms with Crippen molar-refractivity contribution in [3.63, 3.8) is 0 Å². The second-order valence-electron chi connectivity index (χ2n) is 17.9. The summed E-state index contributed by atoms with van der Waals surface area (Å²) < 4.78 is -1.56. The van der Waals surface area contributed by atoms with Gasteiger partial charge in [-0.1, -0.05) is 121 Å². The number of amides is 6. The molecule has 6 amide bonds. The Balaban J connectivity index is 1.02. The van der Waals surface area contributed by atoms with E-state index in [1.165, 1.54) is 23.5 Å². The number of hydrogen-bond acceptors (Lipinski definition) is 12. The zero-order chi connectivity index (χ0) is 48.8. The highest BCUT2D eigenvalue weighted by Crippen LogP contribution is 2.40. The third-order valence-corrected chi connectivity index (χ3v) is 14.7. The number of carbonyl (C=O) groups excluding carboxylic acids is 6. The number of nitrogens with one attached hydrogen (secondary N) is 8. The van der Waals surface area contributed by atoms with Gasteiger partial charge in [-0.15, -0.1) is 23.5 Å². The fraction of sp³-hybridized carbons (Fsp3) is 0.400. The normalized spacial score (nSPS) is 21.0. The van der Waals surface area contributed by atoms with Gasteiger partial charge in [0.25, 0.3) is 0 Å². The Kier molecular flexibility index (Phi) is 18.2. The average molecular weight is 967 g/mol. The van der Waals surface area contributed by atoms with Crippen molar-refractivity contribution >= 4 is 59.0 Å². The first-order chi connectivity index (χ1) is 32.5. The number of carbonyl (C=O) groups is 6. The number of thioether (sulfide) groups is 2. The lowest BCUT2D eigenvalue weighted by molar-refractivity contribution is -0.129. The molecule has 2 aliphatic heterocycles. The average Bonchev–Trinajstić information content (AvgIpc) is 3.83. The first-order valence-corrected chi connectivity index (χ1v) is 24.3. The van der Waals surface area contributed by atoms with E-state index in [9.17, 15) is 39.0 Å². The minimum absolute atomic E-state index is 0.0487. The Morgan fingerprint density at radius 2 is 0.809 bits per heavy atom. The molecule has 0 saturated carbocycles. The van der Waals surface area contributed by atoms with Gasteiger partial charge < -0.3 is 42.1 Å². The Morgan fingerprint density at radius 3 is 1.13 bits per heavy atom. The summed E-state index contributed by atoms with van der Waals surface area (Å²) >= 11 is 2.65. The zero-order valence-electron chi connectivity index (χ0n) is 38.6. The van der Waals surface area contributed by atoms with Gasteiger partial charge in [0, 0.05) is 35.7 Å². The molecule has 4 aromatic carbocycles. The molecular weight excluding hydrogens is 905 g/mol. The van der Waals surface area contributed by atoms with Crippen molar-refractivity contribution < 1.29 is 39.0 Å². The van der Waals surface area contributed by atoms with Gasteiger partial charge in [-0.05, 0) is 49.9 Å². The quantitative estimate of drug-likeness (QED) is 0.0574. The predicted molar refractivity (Wildman–Crippen MR) is 264 cm³/mol. The maximum atomic E-state index is 13.7. The van der Waals surface area contributed by atoms with Crippen LogP contribution < -0.4 is 42.5 Å². The highest BCUT2D eigenvalue weighted by atomic mass is 32.2. The lowest BCUT2D eigenvalue weighted by Crippen LogP contribution is -2.59. The molecule has 16 nitrogen and oxygen atoms in total. The minimum atomic E-state index is -1.48. The molecular formula is C50H62N8O8S2. The third kappa shape index (κ3) is 14.6. The Morgan fingerprint density at radius 1 is 0.500 bits per heavy atom. The fourth-order valence-corrected chi connectivity index (χ4v) is 10.9. The van der Waals surface area contributed by atoms with Crippen LogP contribution in [0.25, 0.3) is 0 Å².